The Hall–Kier alpha value is -6.38. The number of hydrogen-bond acceptors (Lipinski definition) is 2. The molecule has 2 nitrogen and oxygen atoms in total. The summed E-state index contributed by atoms with van der Waals surface area (Å²) in [7, 11) is 0. The summed E-state index contributed by atoms with van der Waals surface area (Å²) in [5.41, 5.74) is 12.2. The lowest BCUT2D eigenvalue weighted by Crippen LogP contribution is -2.11. The fourth-order valence-electron chi connectivity index (χ4n) is 6.98. The van der Waals surface area contributed by atoms with Gasteiger partial charge in [-0.25, -0.2) is 0 Å². The van der Waals surface area contributed by atoms with Crippen LogP contribution < -0.4 is 4.90 Å². The summed E-state index contributed by atoms with van der Waals surface area (Å²) >= 11 is 0. The van der Waals surface area contributed by atoms with Crippen molar-refractivity contribution in [3.63, 3.8) is 0 Å². The second kappa shape index (κ2) is 11.8. The van der Waals surface area contributed by atoms with Crippen LogP contribution in [0.3, 0.4) is 0 Å². The van der Waals surface area contributed by atoms with E-state index in [1.54, 1.807) is 0 Å². The van der Waals surface area contributed by atoms with E-state index in [2.05, 4.69) is 181 Å². The predicted octanol–water partition coefficient (Wildman–Crippen LogP) is 13.2. The van der Waals surface area contributed by atoms with Gasteiger partial charge in [0.2, 0.25) is 0 Å². The summed E-state index contributed by atoms with van der Waals surface area (Å²) in [6, 6.07) is 67.0. The van der Waals surface area contributed by atoms with E-state index in [0.717, 1.165) is 44.6 Å². The molecule has 0 bridgehead atoms. The molecule has 0 saturated heterocycles. The molecule has 0 aliphatic carbocycles. The van der Waals surface area contributed by atoms with Gasteiger partial charge in [-0.1, -0.05) is 140 Å². The molecule has 48 heavy (non-hydrogen) atoms. The SMILES string of the molecule is c1ccc(-c2ccccc2N(c2cccc(-c3cccc(-c4cccc5ccccc45)c3)c2)c2ccc3oc4ccccc4c3c2)cc1. The molecule has 0 aliphatic rings. The van der Waals surface area contributed by atoms with Crippen molar-refractivity contribution < 1.29 is 4.42 Å². The largest absolute Gasteiger partial charge is 0.456 e. The molecule has 0 amide bonds. The molecule has 8 aromatic carbocycles. The number of anilines is 3. The van der Waals surface area contributed by atoms with Gasteiger partial charge in [-0.3, -0.25) is 0 Å². The van der Waals surface area contributed by atoms with E-state index in [1.807, 2.05) is 12.1 Å². The molecular formula is C46H31NO. The molecule has 0 fully saturated rings. The van der Waals surface area contributed by atoms with Crippen LogP contribution in [-0.2, 0) is 0 Å². The van der Waals surface area contributed by atoms with Gasteiger partial charge >= 0.3 is 0 Å². The van der Waals surface area contributed by atoms with Gasteiger partial charge in [-0.2, -0.15) is 0 Å². The lowest BCUT2D eigenvalue weighted by molar-refractivity contribution is 0.669. The summed E-state index contributed by atoms with van der Waals surface area (Å²) in [5, 5.41) is 4.73. The number of nitrogens with zero attached hydrogens (tertiary/aromatic N) is 1. The molecule has 0 aliphatic heterocycles. The van der Waals surface area contributed by atoms with Crippen molar-refractivity contribution in [3.8, 4) is 33.4 Å². The minimum Gasteiger partial charge on any atom is -0.456 e. The van der Waals surface area contributed by atoms with Gasteiger partial charge in [-0.05, 0) is 87.1 Å². The van der Waals surface area contributed by atoms with Crippen molar-refractivity contribution in [2.45, 2.75) is 0 Å². The molecule has 2 heteroatoms. The second-order valence-electron chi connectivity index (χ2n) is 12.2. The number of hydrogen-bond donors (Lipinski definition) is 0. The lowest BCUT2D eigenvalue weighted by Gasteiger charge is -2.28. The molecule has 9 aromatic rings. The van der Waals surface area contributed by atoms with Gasteiger partial charge in [0.15, 0.2) is 0 Å². The highest BCUT2D eigenvalue weighted by Crippen LogP contribution is 2.43. The average Bonchev–Trinajstić information content (AvgIpc) is 3.54. The topological polar surface area (TPSA) is 16.4 Å². The Kier molecular flexibility index (Phi) is 6.84. The zero-order valence-corrected chi connectivity index (χ0v) is 26.3. The molecular weight excluding hydrogens is 583 g/mol. The molecule has 0 N–H and O–H groups in total. The van der Waals surface area contributed by atoms with Gasteiger partial charge in [0.1, 0.15) is 11.2 Å². The highest BCUT2D eigenvalue weighted by molar-refractivity contribution is 6.07. The molecule has 9 rings (SSSR count). The van der Waals surface area contributed by atoms with Crippen LogP contribution in [0.1, 0.15) is 0 Å². The number of fused-ring (bicyclic) bond motifs is 4. The molecule has 0 spiro atoms. The molecule has 1 aromatic heterocycles. The van der Waals surface area contributed by atoms with Crippen molar-refractivity contribution in [1.82, 2.24) is 0 Å². The Balaban J connectivity index is 1.22. The van der Waals surface area contributed by atoms with Crippen LogP contribution in [0.2, 0.25) is 0 Å². The van der Waals surface area contributed by atoms with Gasteiger partial charge < -0.3 is 9.32 Å². The van der Waals surface area contributed by atoms with Crippen LogP contribution >= 0.6 is 0 Å². The van der Waals surface area contributed by atoms with Gasteiger partial charge in [0.05, 0.1) is 5.69 Å². The van der Waals surface area contributed by atoms with E-state index < -0.39 is 0 Å². The van der Waals surface area contributed by atoms with Crippen LogP contribution in [0, 0.1) is 0 Å². The first-order valence-electron chi connectivity index (χ1n) is 16.3. The van der Waals surface area contributed by atoms with Crippen molar-refractivity contribution in [1.29, 1.82) is 0 Å². The fraction of sp³-hybridized carbons (Fsp3) is 0. The Morgan fingerprint density at radius 3 is 1.85 bits per heavy atom. The smallest absolute Gasteiger partial charge is 0.135 e. The Labute approximate surface area is 279 Å². The van der Waals surface area contributed by atoms with Crippen molar-refractivity contribution >= 4 is 49.8 Å². The normalized spacial score (nSPS) is 11.3. The van der Waals surface area contributed by atoms with E-state index >= 15 is 0 Å². The third-order valence-corrected chi connectivity index (χ3v) is 9.25. The maximum absolute atomic E-state index is 6.22. The summed E-state index contributed by atoms with van der Waals surface area (Å²) in [4.78, 5) is 2.38. The van der Waals surface area contributed by atoms with E-state index in [1.165, 1.54) is 38.6 Å². The van der Waals surface area contributed by atoms with Gasteiger partial charge in [-0.15, -0.1) is 0 Å². The average molecular weight is 614 g/mol. The molecule has 0 radical (unpaired) electrons. The van der Waals surface area contributed by atoms with Crippen molar-refractivity contribution in [2.24, 2.45) is 0 Å². The molecule has 226 valence electrons. The summed E-state index contributed by atoms with van der Waals surface area (Å²) < 4.78 is 6.22. The molecule has 1 heterocycles. The number of benzene rings is 8. The number of para-hydroxylation sites is 2. The zero-order chi connectivity index (χ0) is 31.9. The van der Waals surface area contributed by atoms with Crippen LogP contribution in [0.25, 0.3) is 66.1 Å². The Bertz CT molecular complexity index is 2570. The Morgan fingerprint density at radius 1 is 0.333 bits per heavy atom. The minimum atomic E-state index is 0.884. The zero-order valence-electron chi connectivity index (χ0n) is 26.3. The third-order valence-electron chi connectivity index (χ3n) is 9.25. The Morgan fingerprint density at radius 2 is 0.938 bits per heavy atom. The second-order valence-corrected chi connectivity index (χ2v) is 12.2. The van der Waals surface area contributed by atoms with Gasteiger partial charge in [0.25, 0.3) is 0 Å². The summed E-state index contributed by atoms with van der Waals surface area (Å²) in [6.45, 7) is 0. The highest BCUT2D eigenvalue weighted by Gasteiger charge is 2.19. The summed E-state index contributed by atoms with van der Waals surface area (Å²) in [6.07, 6.45) is 0. The van der Waals surface area contributed by atoms with Crippen LogP contribution in [0.15, 0.2) is 192 Å². The third kappa shape index (κ3) is 4.92. The van der Waals surface area contributed by atoms with E-state index in [4.69, 9.17) is 4.42 Å². The van der Waals surface area contributed by atoms with Crippen LogP contribution in [0.5, 0.6) is 0 Å². The highest BCUT2D eigenvalue weighted by atomic mass is 16.3. The molecule has 0 saturated carbocycles. The molecule has 0 unspecified atom stereocenters. The minimum absolute atomic E-state index is 0.884. The van der Waals surface area contributed by atoms with Crippen molar-refractivity contribution in [3.05, 3.63) is 188 Å². The number of furan rings is 1. The standard InChI is InChI=1S/C46H31NO/c1-2-13-33(14-3-1)41-22-6-8-25-44(41)47(38-27-28-46-43(31-38)42-23-7-9-26-45(42)48-46)37-20-11-18-35(30-37)34-17-10-19-36(29-34)40-24-12-16-32-15-4-5-21-39(32)40/h1-31H. The predicted molar refractivity (Wildman–Crippen MR) is 202 cm³/mol. The van der Waals surface area contributed by atoms with Crippen LogP contribution in [-0.4, -0.2) is 0 Å². The first kappa shape index (κ1) is 27.9. The lowest BCUT2D eigenvalue weighted by atomic mass is 9.95. The van der Waals surface area contributed by atoms with Crippen LogP contribution in [0.4, 0.5) is 17.1 Å². The van der Waals surface area contributed by atoms with E-state index in [-0.39, 0.29) is 0 Å². The van der Waals surface area contributed by atoms with E-state index in [9.17, 15) is 0 Å². The van der Waals surface area contributed by atoms with E-state index in [0.29, 0.717) is 0 Å². The first-order chi connectivity index (χ1) is 23.8. The fourth-order valence-corrected chi connectivity index (χ4v) is 6.98. The maximum atomic E-state index is 6.22. The maximum Gasteiger partial charge on any atom is 0.135 e. The first-order valence-corrected chi connectivity index (χ1v) is 16.3. The van der Waals surface area contributed by atoms with Gasteiger partial charge in [0, 0.05) is 27.7 Å². The quantitative estimate of drug-likeness (QED) is 0.185. The summed E-state index contributed by atoms with van der Waals surface area (Å²) in [5.74, 6) is 0. The molecule has 0 atom stereocenters. The monoisotopic (exact) mass is 613 g/mol. The van der Waals surface area contributed by atoms with Crippen molar-refractivity contribution in [2.75, 3.05) is 4.90 Å². The number of rotatable bonds is 6.